The van der Waals surface area contributed by atoms with Crippen LogP contribution in [0.25, 0.3) is 11.4 Å². The second kappa shape index (κ2) is 8.57. The number of carbonyl (C=O) groups is 1. The van der Waals surface area contributed by atoms with Gasteiger partial charge in [0.25, 0.3) is 0 Å². The van der Waals surface area contributed by atoms with Crippen LogP contribution in [0.2, 0.25) is 0 Å². The standard InChI is InChI=1S/C23H26N4O3/c1-15-8-6-11-19(16(15)2)24-23(28)27-13-5-4-12-20(27)22-25-21(26-30-22)17-9-7-10-18(14-17)29-3/h6-11,14,20H,4-5,12-13H2,1-3H3,(H,24,28)/t20-/m0/s1. The molecule has 3 aromatic rings. The molecule has 1 aliphatic rings. The van der Waals surface area contributed by atoms with E-state index in [1.165, 1.54) is 0 Å². The van der Waals surface area contributed by atoms with Crippen molar-refractivity contribution in [2.75, 3.05) is 19.0 Å². The molecule has 1 N–H and O–H groups in total. The molecule has 2 heterocycles. The van der Waals surface area contributed by atoms with E-state index in [4.69, 9.17) is 9.26 Å². The van der Waals surface area contributed by atoms with E-state index in [1.54, 1.807) is 12.0 Å². The van der Waals surface area contributed by atoms with Gasteiger partial charge in [-0.15, -0.1) is 0 Å². The summed E-state index contributed by atoms with van der Waals surface area (Å²) in [4.78, 5) is 19.5. The maximum Gasteiger partial charge on any atom is 0.322 e. The predicted octanol–water partition coefficient (Wildman–Crippen LogP) is 5.12. The van der Waals surface area contributed by atoms with Gasteiger partial charge in [0, 0.05) is 17.8 Å². The fourth-order valence-corrected chi connectivity index (χ4v) is 3.75. The molecule has 0 bridgehead atoms. The van der Waals surface area contributed by atoms with Crippen molar-refractivity contribution in [3.8, 4) is 17.1 Å². The van der Waals surface area contributed by atoms with Gasteiger partial charge in [0.2, 0.25) is 11.7 Å². The van der Waals surface area contributed by atoms with E-state index in [2.05, 4.69) is 15.5 Å². The Hall–Kier alpha value is -3.35. The molecule has 1 fully saturated rings. The van der Waals surface area contributed by atoms with Gasteiger partial charge in [0.05, 0.1) is 7.11 Å². The van der Waals surface area contributed by atoms with E-state index in [9.17, 15) is 4.79 Å². The number of piperidine rings is 1. The maximum absolute atomic E-state index is 13.1. The van der Waals surface area contributed by atoms with Gasteiger partial charge in [-0.05, 0) is 62.4 Å². The molecule has 1 aliphatic heterocycles. The van der Waals surface area contributed by atoms with Gasteiger partial charge in [-0.25, -0.2) is 4.79 Å². The molecule has 0 aliphatic carbocycles. The lowest BCUT2D eigenvalue weighted by molar-refractivity contribution is 0.142. The number of hydrogen-bond acceptors (Lipinski definition) is 5. The molecule has 0 unspecified atom stereocenters. The summed E-state index contributed by atoms with van der Waals surface area (Å²) in [6, 6.07) is 13.0. The highest BCUT2D eigenvalue weighted by Crippen LogP contribution is 2.32. The molecule has 0 spiro atoms. The number of likely N-dealkylation sites (tertiary alicyclic amines) is 1. The molecule has 0 saturated carbocycles. The van der Waals surface area contributed by atoms with Crippen molar-refractivity contribution in [2.24, 2.45) is 0 Å². The molecule has 30 heavy (non-hydrogen) atoms. The van der Waals surface area contributed by atoms with Crippen LogP contribution >= 0.6 is 0 Å². The number of methoxy groups -OCH3 is 1. The van der Waals surface area contributed by atoms with Gasteiger partial charge < -0.3 is 19.5 Å². The zero-order valence-corrected chi connectivity index (χ0v) is 17.5. The Morgan fingerprint density at radius 3 is 2.87 bits per heavy atom. The molecule has 2 aromatic carbocycles. The summed E-state index contributed by atoms with van der Waals surface area (Å²) in [5.74, 6) is 1.68. The summed E-state index contributed by atoms with van der Waals surface area (Å²) in [6.07, 6.45) is 2.75. The lowest BCUT2D eigenvalue weighted by Gasteiger charge is -2.33. The lowest BCUT2D eigenvalue weighted by atomic mass is 10.0. The van der Waals surface area contributed by atoms with Crippen LogP contribution in [0, 0.1) is 13.8 Å². The van der Waals surface area contributed by atoms with E-state index in [0.717, 1.165) is 47.4 Å². The number of nitrogens with one attached hydrogen (secondary N) is 1. The largest absolute Gasteiger partial charge is 0.497 e. The van der Waals surface area contributed by atoms with Crippen LogP contribution < -0.4 is 10.1 Å². The first-order valence-corrected chi connectivity index (χ1v) is 10.2. The van der Waals surface area contributed by atoms with E-state index in [1.807, 2.05) is 56.3 Å². The molecular formula is C23H26N4O3. The summed E-state index contributed by atoms with van der Waals surface area (Å²) in [7, 11) is 1.62. The van der Waals surface area contributed by atoms with Gasteiger partial charge in [-0.1, -0.05) is 29.4 Å². The van der Waals surface area contributed by atoms with Crippen LogP contribution in [0.4, 0.5) is 10.5 Å². The van der Waals surface area contributed by atoms with Gasteiger partial charge in [0.15, 0.2) is 0 Å². The van der Waals surface area contributed by atoms with Crippen LogP contribution in [0.5, 0.6) is 5.75 Å². The minimum atomic E-state index is -0.240. The van der Waals surface area contributed by atoms with Crippen molar-refractivity contribution in [3.63, 3.8) is 0 Å². The number of ether oxygens (including phenoxy) is 1. The van der Waals surface area contributed by atoms with Gasteiger partial charge in [-0.2, -0.15) is 4.98 Å². The number of aromatic nitrogens is 2. The van der Waals surface area contributed by atoms with Crippen molar-refractivity contribution >= 4 is 11.7 Å². The molecule has 1 saturated heterocycles. The van der Waals surface area contributed by atoms with Gasteiger partial charge in [0.1, 0.15) is 11.8 Å². The van der Waals surface area contributed by atoms with Crippen molar-refractivity contribution < 1.29 is 14.1 Å². The van der Waals surface area contributed by atoms with Crippen LogP contribution in [0.1, 0.15) is 42.3 Å². The third kappa shape index (κ3) is 4.01. The zero-order chi connectivity index (χ0) is 21.1. The van der Waals surface area contributed by atoms with Crippen molar-refractivity contribution in [1.29, 1.82) is 0 Å². The SMILES string of the molecule is COc1cccc(-c2noc([C@@H]3CCCCN3C(=O)Nc3cccc(C)c3C)n2)c1. The lowest BCUT2D eigenvalue weighted by Crippen LogP contribution is -2.41. The van der Waals surface area contributed by atoms with Crippen LogP contribution in [0.3, 0.4) is 0 Å². The van der Waals surface area contributed by atoms with E-state index >= 15 is 0 Å². The fraction of sp³-hybridized carbons (Fsp3) is 0.348. The monoisotopic (exact) mass is 406 g/mol. The summed E-state index contributed by atoms with van der Waals surface area (Å²) in [6.45, 7) is 4.70. The number of rotatable bonds is 4. The smallest absolute Gasteiger partial charge is 0.322 e. The number of carbonyl (C=O) groups excluding carboxylic acids is 1. The topological polar surface area (TPSA) is 80.5 Å². The van der Waals surface area contributed by atoms with Crippen LogP contribution in [-0.4, -0.2) is 34.7 Å². The van der Waals surface area contributed by atoms with E-state index in [-0.39, 0.29) is 12.1 Å². The highest BCUT2D eigenvalue weighted by atomic mass is 16.5. The van der Waals surface area contributed by atoms with Gasteiger partial charge >= 0.3 is 6.03 Å². The summed E-state index contributed by atoms with van der Waals surface area (Å²) in [5, 5.41) is 7.20. The highest BCUT2D eigenvalue weighted by Gasteiger charge is 2.32. The Morgan fingerprint density at radius 1 is 1.20 bits per heavy atom. The number of amides is 2. The molecule has 7 nitrogen and oxygen atoms in total. The number of anilines is 1. The maximum atomic E-state index is 13.1. The summed E-state index contributed by atoms with van der Waals surface area (Å²) in [5.41, 5.74) is 3.85. The predicted molar refractivity (Wildman–Crippen MR) is 115 cm³/mol. The van der Waals surface area contributed by atoms with Crippen molar-refractivity contribution in [2.45, 2.75) is 39.2 Å². The van der Waals surface area contributed by atoms with Crippen molar-refractivity contribution in [1.82, 2.24) is 15.0 Å². The Balaban J connectivity index is 1.56. The second-order valence-corrected chi connectivity index (χ2v) is 7.57. The molecule has 2 amide bonds. The van der Waals surface area contributed by atoms with E-state index in [0.29, 0.717) is 18.3 Å². The number of urea groups is 1. The molecule has 1 aromatic heterocycles. The average molecular weight is 406 g/mol. The zero-order valence-electron chi connectivity index (χ0n) is 17.5. The Labute approximate surface area is 176 Å². The fourth-order valence-electron chi connectivity index (χ4n) is 3.75. The Bertz CT molecular complexity index is 1050. The second-order valence-electron chi connectivity index (χ2n) is 7.57. The number of nitrogens with zero attached hydrogens (tertiary/aromatic N) is 3. The van der Waals surface area contributed by atoms with Gasteiger partial charge in [-0.3, -0.25) is 0 Å². The molecule has 0 radical (unpaired) electrons. The first-order valence-electron chi connectivity index (χ1n) is 10.2. The highest BCUT2D eigenvalue weighted by molar-refractivity contribution is 5.90. The van der Waals surface area contributed by atoms with E-state index < -0.39 is 0 Å². The Kier molecular flexibility index (Phi) is 5.70. The molecule has 7 heteroatoms. The quantitative estimate of drug-likeness (QED) is 0.650. The number of hydrogen-bond donors (Lipinski definition) is 1. The summed E-state index contributed by atoms with van der Waals surface area (Å²) < 4.78 is 10.9. The minimum absolute atomic E-state index is 0.144. The number of aryl methyl sites for hydroxylation is 1. The van der Waals surface area contributed by atoms with Crippen molar-refractivity contribution in [3.05, 3.63) is 59.5 Å². The van der Waals surface area contributed by atoms with Crippen LogP contribution in [-0.2, 0) is 0 Å². The molecule has 156 valence electrons. The summed E-state index contributed by atoms with van der Waals surface area (Å²) >= 11 is 0. The molecular weight excluding hydrogens is 380 g/mol. The number of benzene rings is 2. The van der Waals surface area contributed by atoms with Crippen LogP contribution in [0.15, 0.2) is 47.0 Å². The molecule has 4 rings (SSSR count). The third-order valence-electron chi connectivity index (χ3n) is 5.66. The third-order valence-corrected chi connectivity index (χ3v) is 5.66. The average Bonchev–Trinajstić information content (AvgIpc) is 3.27. The first kappa shape index (κ1) is 19.9. The minimum Gasteiger partial charge on any atom is -0.497 e. The molecule has 1 atom stereocenters. The normalized spacial score (nSPS) is 16.4. The Morgan fingerprint density at radius 2 is 2.03 bits per heavy atom. The first-order chi connectivity index (χ1) is 14.6.